The summed E-state index contributed by atoms with van der Waals surface area (Å²) in [6.07, 6.45) is 2.72. The van der Waals surface area contributed by atoms with Gasteiger partial charge in [-0.2, -0.15) is 0 Å². The van der Waals surface area contributed by atoms with Gasteiger partial charge in [-0.3, -0.25) is 4.79 Å². The van der Waals surface area contributed by atoms with Gasteiger partial charge in [0.2, 0.25) is 5.91 Å². The first-order valence-corrected chi connectivity index (χ1v) is 5.76. The highest BCUT2D eigenvalue weighted by molar-refractivity contribution is 6.18. The van der Waals surface area contributed by atoms with Crippen LogP contribution in [0.2, 0.25) is 0 Å². The number of unbranched alkanes of at least 4 members (excludes halogenated alkanes) is 1. The van der Waals surface area contributed by atoms with Crippen molar-refractivity contribution in [3.63, 3.8) is 0 Å². The van der Waals surface area contributed by atoms with Gasteiger partial charge >= 0.3 is 0 Å². The SMILES string of the molecule is CCCCC(=O)N1CCOC(CCl)C1. The van der Waals surface area contributed by atoms with Crippen molar-refractivity contribution in [2.75, 3.05) is 25.6 Å². The minimum atomic E-state index is 0.0241. The summed E-state index contributed by atoms with van der Waals surface area (Å²) in [6, 6.07) is 0. The molecule has 0 spiro atoms. The van der Waals surface area contributed by atoms with Gasteiger partial charge in [0.25, 0.3) is 0 Å². The first kappa shape index (κ1) is 11.8. The Morgan fingerprint density at radius 3 is 3.07 bits per heavy atom. The predicted octanol–water partition coefficient (Wildman–Crippen LogP) is 1.64. The summed E-state index contributed by atoms with van der Waals surface area (Å²) in [5, 5.41) is 0. The van der Waals surface area contributed by atoms with E-state index in [1.165, 1.54) is 0 Å². The van der Waals surface area contributed by atoms with E-state index in [9.17, 15) is 4.79 Å². The average Bonchev–Trinajstić information content (AvgIpc) is 2.26. The van der Waals surface area contributed by atoms with Gasteiger partial charge in [-0.05, 0) is 6.42 Å². The van der Waals surface area contributed by atoms with Crippen molar-refractivity contribution in [1.29, 1.82) is 0 Å². The monoisotopic (exact) mass is 219 g/mol. The third-order valence-electron chi connectivity index (χ3n) is 2.41. The second kappa shape index (κ2) is 6.25. The molecule has 1 amide bonds. The van der Waals surface area contributed by atoms with Crippen LogP contribution in [0, 0.1) is 0 Å². The number of rotatable bonds is 4. The number of nitrogens with zero attached hydrogens (tertiary/aromatic N) is 1. The summed E-state index contributed by atoms with van der Waals surface area (Å²) in [5.74, 6) is 0.711. The van der Waals surface area contributed by atoms with Crippen LogP contribution in [0.1, 0.15) is 26.2 Å². The Kier molecular flexibility index (Phi) is 5.26. The smallest absolute Gasteiger partial charge is 0.222 e. The molecule has 0 bridgehead atoms. The van der Waals surface area contributed by atoms with E-state index < -0.39 is 0 Å². The number of ether oxygens (including phenoxy) is 1. The number of morpholine rings is 1. The number of hydrogen-bond acceptors (Lipinski definition) is 2. The lowest BCUT2D eigenvalue weighted by Gasteiger charge is -2.32. The lowest BCUT2D eigenvalue weighted by Crippen LogP contribution is -2.46. The molecule has 1 fully saturated rings. The number of carbonyl (C=O) groups is 1. The highest BCUT2D eigenvalue weighted by Crippen LogP contribution is 2.09. The average molecular weight is 220 g/mol. The Morgan fingerprint density at radius 2 is 2.43 bits per heavy atom. The summed E-state index contributed by atoms with van der Waals surface area (Å²) in [4.78, 5) is 13.5. The second-order valence-electron chi connectivity index (χ2n) is 3.59. The molecule has 0 radical (unpaired) electrons. The molecular formula is C10H18ClNO2. The Morgan fingerprint density at radius 1 is 1.64 bits per heavy atom. The molecule has 0 aromatic rings. The van der Waals surface area contributed by atoms with Gasteiger partial charge in [-0.1, -0.05) is 13.3 Å². The maximum atomic E-state index is 11.6. The van der Waals surface area contributed by atoms with E-state index in [1.807, 2.05) is 4.90 Å². The lowest BCUT2D eigenvalue weighted by atomic mass is 10.2. The van der Waals surface area contributed by atoms with Crippen molar-refractivity contribution in [3.8, 4) is 0 Å². The fraction of sp³-hybridized carbons (Fsp3) is 0.900. The van der Waals surface area contributed by atoms with Crippen LogP contribution in [0.5, 0.6) is 0 Å². The quantitative estimate of drug-likeness (QED) is 0.673. The predicted molar refractivity (Wildman–Crippen MR) is 56.6 cm³/mol. The van der Waals surface area contributed by atoms with E-state index in [4.69, 9.17) is 16.3 Å². The van der Waals surface area contributed by atoms with Crippen LogP contribution in [0.25, 0.3) is 0 Å². The zero-order chi connectivity index (χ0) is 10.4. The van der Waals surface area contributed by atoms with Crippen LogP contribution in [-0.4, -0.2) is 42.5 Å². The van der Waals surface area contributed by atoms with E-state index in [0.29, 0.717) is 25.5 Å². The van der Waals surface area contributed by atoms with Gasteiger partial charge in [0, 0.05) is 19.5 Å². The Balaban J connectivity index is 2.31. The molecule has 3 nitrogen and oxygen atoms in total. The Hall–Kier alpha value is -0.280. The third kappa shape index (κ3) is 3.46. The van der Waals surface area contributed by atoms with Gasteiger partial charge < -0.3 is 9.64 Å². The minimum Gasteiger partial charge on any atom is -0.373 e. The van der Waals surface area contributed by atoms with E-state index in [2.05, 4.69) is 6.92 Å². The van der Waals surface area contributed by atoms with Crippen molar-refractivity contribution in [2.45, 2.75) is 32.3 Å². The zero-order valence-electron chi connectivity index (χ0n) is 8.67. The van der Waals surface area contributed by atoms with Crippen LogP contribution in [0.4, 0.5) is 0 Å². The maximum Gasteiger partial charge on any atom is 0.222 e. The van der Waals surface area contributed by atoms with Crippen LogP contribution in [0.15, 0.2) is 0 Å². The molecule has 1 rings (SSSR count). The summed E-state index contributed by atoms with van der Waals surface area (Å²) in [6.45, 7) is 4.09. The number of halogens is 1. The Bertz CT molecular complexity index is 187. The molecule has 1 aliphatic rings. The van der Waals surface area contributed by atoms with E-state index >= 15 is 0 Å². The second-order valence-corrected chi connectivity index (χ2v) is 3.90. The van der Waals surface area contributed by atoms with Crippen molar-refractivity contribution in [2.24, 2.45) is 0 Å². The molecule has 0 N–H and O–H groups in total. The van der Waals surface area contributed by atoms with Crippen molar-refractivity contribution in [1.82, 2.24) is 4.90 Å². The molecule has 0 aromatic carbocycles. The summed E-state index contributed by atoms with van der Waals surface area (Å²) >= 11 is 5.69. The molecule has 1 atom stereocenters. The van der Waals surface area contributed by atoms with Crippen LogP contribution >= 0.6 is 11.6 Å². The third-order valence-corrected chi connectivity index (χ3v) is 2.75. The molecule has 1 unspecified atom stereocenters. The summed E-state index contributed by atoms with van der Waals surface area (Å²) in [7, 11) is 0. The highest BCUT2D eigenvalue weighted by atomic mass is 35.5. The summed E-state index contributed by atoms with van der Waals surface area (Å²) < 4.78 is 5.39. The molecule has 1 aliphatic heterocycles. The highest BCUT2D eigenvalue weighted by Gasteiger charge is 2.22. The molecule has 0 aliphatic carbocycles. The number of hydrogen-bond donors (Lipinski definition) is 0. The van der Waals surface area contributed by atoms with Crippen LogP contribution < -0.4 is 0 Å². The van der Waals surface area contributed by atoms with Crippen molar-refractivity contribution in [3.05, 3.63) is 0 Å². The molecule has 4 heteroatoms. The molecule has 1 saturated heterocycles. The van der Waals surface area contributed by atoms with Gasteiger partial charge in [0.15, 0.2) is 0 Å². The van der Waals surface area contributed by atoms with E-state index in [-0.39, 0.29) is 12.0 Å². The molecule has 1 heterocycles. The Labute approximate surface area is 90.4 Å². The van der Waals surface area contributed by atoms with Gasteiger partial charge in [-0.15, -0.1) is 11.6 Å². The fourth-order valence-corrected chi connectivity index (χ4v) is 1.71. The first-order valence-electron chi connectivity index (χ1n) is 5.23. The number of alkyl halides is 1. The van der Waals surface area contributed by atoms with Crippen molar-refractivity contribution >= 4 is 17.5 Å². The number of amides is 1. The normalized spacial score (nSPS) is 22.4. The summed E-state index contributed by atoms with van der Waals surface area (Å²) in [5.41, 5.74) is 0. The largest absolute Gasteiger partial charge is 0.373 e. The van der Waals surface area contributed by atoms with Crippen LogP contribution in [-0.2, 0) is 9.53 Å². The first-order chi connectivity index (χ1) is 6.77. The van der Waals surface area contributed by atoms with Crippen LogP contribution in [0.3, 0.4) is 0 Å². The fourth-order valence-electron chi connectivity index (χ4n) is 1.53. The van der Waals surface area contributed by atoms with E-state index in [0.717, 1.165) is 19.4 Å². The van der Waals surface area contributed by atoms with Gasteiger partial charge in [0.05, 0.1) is 18.6 Å². The molecule has 0 aromatic heterocycles. The molecular weight excluding hydrogens is 202 g/mol. The molecule has 0 saturated carbocycles. The standard InChI is InChI=1S/C10H18ClNO2/c1-2-3-4-10(13)12-5-6-14-9(7-11)8-12/h9H,2-8H2,1H3. The number of carbonyl (C=O) groups excluding carboxylic acids is 1. The maximum absolute atomic E-state index is 11.6. The van der Waals surface area contributed by atoms with Gasteiger partial charge in [0.1, 0.15) is 0 Å². The van der Waals surface area contributed by atoms with E-state index in [1.54, 1.807) is 0 Å². The topological polar surface area (TPSA) is 29.5 Å². The minimum absolute atomic E-state index is 0.0241. The molecule has 82 valence electrons. The van der Waals surface area contributed by atoms with Gasteiger partial charge in [-0.25, -0.2) is 0 Å². The molecule has 14 heavy (non-hydrogen) atoms. The lowest BCUT2D eigenvalue weighted by molar-refractivity contribution is -0.138. The zero-order valence-corrected chi connectivity index (χ0v) is 9.42. The van der Waals surface area contributed by atoms with Crippen molar-refractivity contribution < 1.29 is 9.53 Å².